The first kappa shape index (κ1) is 19.9. The Bertz CT molecular complexity index is 1170. The number of rotatable bonds is 4. The second kappa shape index (κ2) is 8.17. The lowest BCUT2D eigenvalue weighted by molar-refractivity contribution is -0.387. The quantitative estimate of drug-likeness (QED) is 0.456. The van der Waals surface area contributed by atoms with Crippen molar-refractivity contribution >= 4 is 52.2 Å². The SMILES string of the molecule is O=C1CN(C(=O)c2ccc(Sc3ccc(Cl)cc3)c([N+](=O)[O-])c2)c2ccccc2N1. The normalized spacial score (nSPS) is 12.8. The summed E-state index contributed by atoms with van der Waals surface area (Å²) in [5, 5.41) is 14.9. The third kappa shape index (κ3) is 4.00. The van der Waals surface area contributed by atoms with Crippen LogP contribution in [0.15, 0.2) is 76.5 Å². The summed E-state index contributed by atoms with van der Waals surface area (Å²) in [6.07, 6.45) is 0. The second-order valence-electron chi connectivity index (χ2n) is 6.45. The minimum Gasteiger partial charge on any atom is -0.323 e. The van der Waals surface area contributed by atoms with Crippen molar-refractivity contribution in [3.8, 4) is 0 Å². The van der Waals surface area contributed by atoms with Gasteiger partial charge in [-0.1, -0.05) is 35.5 Å². The molecule has 0 bridgehead atoms. The molecule has 0 spiro atoms. The van der Waals surface area contributed by atoms with Crippen molar-refractivity contribution in [3.63, 3.8) is 0 Å². The zero-order chi connectivity index (χ0) is 21.3. The number of fused-ring (bicyclic) bond motifs is 1. The molecule has 1 aliphatic heterocycles. The fraction of sp³-hybridized carbons (Fsp3) is 0.0476. The Morgan fingerprint density at radius 1 is 1.10 bits per heavy atom. The highest BCUT2D eigenvalue weighted by atomic mass is 35.5. The van der Waals surface area contributed by atoms with Gasteiger partial charge in [0.25, 0.3) is 11.6 Å². The number of benzene rings is 3. The number of para-hydroxylation sites is 2. The summed E-state index contributed by atoms with van der Waals surface area (Å²) >= 11 is 7.09. The molecule has 0 aromatic heterocycles. The summed E-state index contributed by atoms with van der Waals surface area (Å²) in [4.78, 5) is 38.7. The van der Waals surface area contributed by atoms with E-state index in [2.05, 4.69) is 5.32 Å². The average Bonchev–Trinajstić information content (AvgIpc) is 2.74. The van der Waals surface area contributed by atoms with Gasteiger partial charge in [-0.15, -0.1) is 0 Å². The topological polar surface area (TPSA) is 92.5 Å². The molecule has 2 amide bonds. The predicted octanol–water partition coefficient (Wildman–Crippen LogP) is 5.00. The fourth-order valence-electron chi connectivity index (χ4n) is 3.08. The van der Waals surface area contributed by atoms with Crippen molar-refractivity contribution in [1.82, 2.24) is 0 Å². The Labute approximate surface area is 180 Å². The first-order valence-electron chi connectivity index (χ1n) is 8.85. The molecule has 0 unspecified atom stereocenters. The summed E-state index contributed by atoms with van der Waals surface area (Å²) in [5.41, 5.74) is 1.01. The number of nitrogens with one attached hydrogen (secondary N) is 1. The van der Waals surface area contributed by atoms with Gasteiger partial charge in [0.2, 0.25) is 5.91 Å². The van der Waals surface area contributed by atoms with Crippen molar-refractivity contribution in [3.05, 3.63) is 87.4 Å². The molecule has 0 aliphatic carbocycles. The molecular weight excluding hydrogens is 426 g/mol. The van der Waals surface area contributed by atoms with Gasteiger partial charge in [0.05, 0.1) is 21.2 Å². The van der Waals surface area contributed by atoms with Gasteiger partial charge in [0.1, 0.15) is 6.54 Å². The van der Waals surface area contributed by atoms with Crippen molar-refractivity contribution < 1.29 is 14.5 Å². The fourth-order valence-corrected chi connectivity index (χ4v) is 4.11. The summed E-state index contributed by atoms with van der Waals surface area (Å²) in [6, 6.07) is 18.2. The van der Waals surface area contributed by atoms with E-state index in [4.69, 9.17) is 11.6 Å². The number of hydrogen-bond acceptors (Lipinski definition) is 5. The number of anilines is 2. The van der Waals surface area contributed by atoms with Crippen LogP contribution in [0.5, 0.6) is 0 Å². The number of nitro groups is 1. The second-order valence-corrected chi connectivity index (χ2v) is 8.00. The molecular formula is C21H14ClN3O4S. The van der Waals surface area contributed by atoms with E-state index >= 15 is 0 Å². The summed E-state index contributed by atoms with van der Waals surface area (Å²) in [7, 11) is 0. The van der Waals surface area contributed by atoms with Crippen LogP contribution in [0.25, 0.3) is 0 Å². The highest BCUT2D eigenvalue weighted by molar-refractivity contribution is 7.99. The van der Waals surface area contributed by atoms with Crippen molar-refractivity contribution in [2.75, 3.05) is 16.8 Å². The first-order chi connectivity index (χ1) is 14.4. The van der Waals surface area contributed by atoms with Crippen molar-refractivity contribution in [2.24, 2.45) is 0 Å². The summed E-state index contributed by atoms with van der Waals surface area (Å²) < 4.78 is 0. The third-order valence-electron chi connectivity index (χ3n) is 4.46. The van der Waals surface area contributed by atoms with Gasteiger partial charge in [-0.3, -0.25) is 24.6 Å². The van der Waals surface area contributed by atoms with E-state index in [1.54, 1.807) is 54.6 Å². The van der Waals surface area contributed by atoms with Gasteiger partial charge >= 0.3 is 0 Å². The largest absolute Gasteiger partial charge is 0.323 e. The Morgan fingerprint density at radius 2 is 1.83 bits per heavy atom. The summed E-state index contributed by atoms with van der Waals surface area (Å²) in [5.74, 6) is -0.810. The number of nitro benzene ring substituents is 1. The molecule has 150 valence electrons. The van der Waals surface area contributed by atoms with Crippen LogP contribution in [0, 0.1) is 10.1 Å². The van der Waals surface area contributed by atoms with E-state index in [0.29, 0.717) is 21.3 Å². The van der Waals surface area contributed by atoms with E-state index < -0.39 is 10.8 Å². The van der Waals surface area contributed by atoms with Gasteiger partial charge in [-0.05, 0) is 48.5 Å². The molecule has 1 N–H and O–H groups in total. The van der Waals surface area contributed by atoms with Crippen molar-refractivity contribution in [1.29, 1.82) is 0 Å². The average molecular weight is 440 g/mol. The van der Waals surface area contributed by atoms with Crippen LogP contribution in [0.1, 0.15) is 10.4 Å². The van der Waals surface area contributed by atoms with E-state index in [9.17, 15) is 19.7 Å². The number of nitrogens with zero attached hydrogens (tertiary/aromatic N) is 2. The molecule has 30 heavy (non-hydrogen) atoms. The molecule has 0 fully saturated rings. The highest BCUT2D eigenvalue weighted by Crippen LogP contribution is 2.37. The van der Waals surface area contributed by atoms with Crippen LogP contribution >= 0.6 is 23.4 Å². The molecule has 9 heteroatoms. The third-order valence-corrected chi connectivity index (χ3v) is 5.78. The molecule has 1 heterocycles. The van der Waals surface area contributed by atoms with Gasteiger partial charge < -0.3 is 5.32 Å². The lowest BCUT2D eigenvalue weighted by Crippen LogP contribution is -2.42. The standard InChI is InChI=1S/C21H14ClN3O4S/c22-14-6-8-15(9-7-14)30-19-10-5-13(11-18(19)25(28)29)21(27)24-12-20(26)23-16-3-1-2-4-17(16)24/h1-11H,12H2,(H,23,26). The lowest BCUT2D eigenvalue weighted by atomic mass is 10.1. The molecule has 1 aliphatic rings. The molecule has 7 nitrogen and oxygen atoms in total. The van der Waals surface area contributed by atoms with E-state index in [1.807, 2.05) is 0 Å². The van der Waals surface area contributed by atoms with Crippen LogP contribution in [-0.2, 0) is 4.79 Å². The van der Waals surface area contributed by atoms with Gasteiger partial charge in [0.15, 0.2) is 0 Å². The number of carbonyl (C=O) groups excluding carboxylic acids is 2. The van der Waals surface area contributed by atoms with Gasteiger partial charge in [-0.2, -0.15) is 0 Å². The number of hydrogen-bond donors (Lipinski definition) is 1. The number of carbonyl (C=O) groups is 2. The zero-order valence-corrected chi connectivity index (χ0v) is 16.9. The van der Waals surface area contributed by atoms with Crippen LogP contribution in [-0.4, -0.2) is 23.3 Å². The molecule has 3 aromatic rings. The minimum absolute atomic E-state index is 0.131. The maximum Gasteiger partial charge on any atom is 0.284 e. The number of halogens is 1. The molecule has 0 saturated carbocycles. The van der Waals surface area contributed by atoms with Crippen molar-refractivity contribution in [2.45, 2.75) is 9.79 Å². The lowest BCUT2D eigenvalue weighted by Gasteiger charge is -2.29. The predicted molar refractivity (Wildman–Crippen MR) is 115 cm³/mol. The molecule has 0 saturated heterocycles. The number of amides is 2. The van der Waals surface area contributed by atoms with E-state index in [-0.39, 0.29) is 23.7 Å². The first-order valence-corrected chi connectivity index (χ1v) is 10.0. The minimum atomic E-state index is -0.522. The van der Waals surface area contributed by atoms with Crippen LogP contribution < -0.4 is 10.2 Å². The maximum atomic E-state index is 13.1. The van der Waals surface area contributed by atoms with E-state index in [0.717, 1.165) is 4.90 Å². The Kier molecular flexibility index (Phi) is 5.43. The van der Waals surface area contributed by atoms with Gasteiger partial charge in [0, 0.05) is 21.5 Å². The Morgan fingerprint density at radius 3 is 2.57 bits per heavy atom. The molecule has 4 rings (SSSR count). The Balaban J connectivity index is 1.67. The summed E-state index contributed by atoms with van der Waals surface area (Å²) in [6.45, 7) is -0.162. The molecule has 0 atom stereocenters. The molecule has 3 aromatic carbocycles. The van der Waals surface area contributed by atoms with E-state index in [1.165, 1.54) is 28.8 Å². The van der Waals surface area contributed by atoms with Gasteiger partial charge in [-0.25, -0.2) is 0 Å². The van der Waals surface area contributed by atoms with Crippen LogP contribution in [0.3, 0.4) is 0 Å². The monoisotopic (exact) mass is 439 g/mol. The maximum absolute atomic E-state index is 13.1. The van der Waals surface area contributed by atoms with Crippen LogP contribution in [0.2, 0.25) is 5.02 Å². The zero-order valence-electron chi connectivity index (χ0n) is 15.4. The smallest absolute Gasteiger partial charge is 0.284 e. The molecule has 0 radical (unpaired) electrons. The van der Waals surface area contributed by atoms with Crippen LogP contribution in [0.4, 0.5) is 17.1 Å². The highest BCUT2D eigenvalue weighted by Gasteiger charge is 2.29. The Hall–Kier alpha value is -3.36.